The maximum atomic E-state index is 11.2. The Kier molecular flexibility index (Phi) is 5.31. The molecule has 1 atom stereocenters. The lowest BCUT2D eigenvalue weighted by molar-refractivity contribution is -0.158. The molecular formula is C18H21NO3. The van der Waals surface area contributed by atoms with E-state index in [1.165, 1.54) is 6.92 Å². The predicted molar refractivity (Wildman–Crippen MR) is 85.3 cm³/mol. The van der Waals surface area contributed by atoms with Crippen LogP contribution in [0.15, 0.2) is 60.7 Å². The van der Waals surface area contributed by atoms with Gasteiger partial charge in [0.05, 0.1) is 0 Å². The van der Waals surface area contributed by atoms with Gasteiger partial charge in [-0.25, -0.2) is 4.79 Å². The Hall–Kier alpha value is -2.17. The van der Waals surface area contributed by atoms with E-state index in [9.17, 15) is 9.90 Å². The van der Waals surface area contributed by atoms with Gasteiger partial charge in [0.25, 0.3) is 0 Å². The van der Waals surface area contributed by atoms with E-state index in [0.717, 1.165) is 11.1 Å². The quantitative estimate of drug-likeness (QED) is 0.825. The third-order valence-corrected chi connectivity index (χ3v) is 3.49. The van der Waals surface area contributed by atoms with Crippen molar-refractivity contribution in [2.45, 2.75) is 25.6 Å². The monoisotopic (exact) mass is 299 g/mol. The number of rotatable bonds is 7. The van der Waals surface area contributed by atoms with Gasteiger partial charge in [-0.1, -0.05) is 60.7 Å². The Morgan fingerprint density at radius 1 is 0.955 bits per heavy atom. The number of hydrogen-bond acceptors (Lipinski definition) is 3. The molecule has 0 aliphatic rings. The molecule has 0 aromatic heterocycles. The zero-order valence-electron chi connectivity index (χ0n) is 12.6. The van der Waals surface area contributed by atoms with Crippen molar-refractivity contribution in [3.05, 3.63) is 71.8 Å². The first kappa shape index (κ1) is 16.2. The molecular weight excluding hydrogens is 278 g/mol. The van der Waals surface area contributed by atoms with Gasteiger partial charge in [-0.15, -0.1) is 0 Å². The molecule has 4 heteroatoms. The second-order valence-corrected chi connectivity index (χ2v) is 5.70. The second kappa shape index (κ2) is 7.20. The lowest BCUT2D eigenvalue weighted by atomic mass is 10.1. The molecule has 0 heterocycles. The molecule has 116 valence electrons. The van der Waals surface area contributed by atoms with Crippen LogP contribution in [-0.2, 0) is 17.9 Å². The molecule has 0 aliphatic heterocycles. The number of carboxylic acid groups (broad SMARTS) is 1. The molecule has 0 radical (unpaired) electrons. The molecule has 0 amide bonds. The van der Waals surface area contributed by atoms with Crippen molar-refractivity contribution >= 4 is 5.97 Å². The second-order valence-electron chi connectivity index (χ2n) is 5.70. The van der Waals surface area contributed by atoms with Crippen LogP contribution in [-0.4, -0.2) is 33.2 Å². The molecule has 0 spiro atoms. The lowest BCUT2D eigenvalue weighted by Crippen LogP contribution is -2.46. The van der Waals surface area contributed by atoms with E-state index < -0.39 is 11.6 Å². The number of carbonyl (C=O) groups is 1. The number of aliphatic hydroxyl groups is 1. The molecule has 2 N–H and O–H groups in total. The van der Waals surface area contributed by atoms with Gasteiger partial charge in [0.1, 0.15) is 0 Å². The molecule has 2 rings (SSSR count). The van der Waals surface area contributed by atoms with Crippen molar-refractivity contribution in [3.8, 4) is 0 Å². The molecule has 1 unspecified atom stereocenters. The molecule has 2 aromatic carbocycles. The van der Waals surface area contributed by atoms with Gasteiger partial charge in [0.15, 0.2) is 5.60 Å². The summed E-state index contributed by atoms with van der Waals surface area (Å²) in [5.74, 6) is -1.21. The Morgan fingerprint density at radius 3 is 1.73 bits per heavy atom. The summed E-state index contributed by atoms with van der Waals surface area (Å²) < 4.78 is 0. The van der Waals surface area contributed by atoms with Crippen molar-refractivity contribution in [2.24, 2.45) is 0 Å². The average molecular weight is 299 g/mol. The smallest absolute Gasteiger partial charge is 0.336 e. The zero-order chi connectivity index (χ0) is 16.0. The topological polar surface area (TPSA) is 60.8 Å². The highest BCUT2D eigenvalue weighted by Gasteiger charge is 2.32. The Balaban J connectivity index is 2.15. The first-order valence-electron chi connectivity index (χ1n) is 7.23. The van der Waals surface area contributed by atoms with E-state index in [1.54, 1.807) is 0 Å². The fourth-order valence-electron chi connectivity index (χ4n) is 2.35. The molecule has 0 saturated heterocycles. The van der Waals surface area contributed by atoms with Crippen molar-refractivity contribution in [3.63, 3.8) is 0 Å². The summed E-state index contributed by atoms with van der Waals surface area (Å²) in [5.41, 5.74) is 0.392. The van der Waals surface area contributed by atoms with Crippen molar-refractivity contribution in [1.82, 2.24) is 4.90 Å². The van der Waals surface area contributed by atoms with Gasteiger partial charge in [-0.05, 0) is 18.1 Å². The summed E-state index contributed by atoms with van der Waals surface area (Å²) in [5, 5.41) is 19.2. The Labute approximate surface area is 130 Å². The normalized spacial score (nSPS) is 13.8. The Morgan fingerprint density at radius 2 is 1.36 bits per heavy atom. The van der Waals surface area contributed by atoms with Gasteiger partial charge in [0, 0.05) is 19.6 Å². The minimum Gasteiger partial charge on any atom is -0.479 e. The molecule has 22 heavy (non-hydrogen) atoms. The van der Waals surface area contributed by atoms with E-state index in [1.807, 2.05) is 65.6 Å². The number of benzene rings is 2. The highest BCUT2D eigenvalue weighted by atomic mass is 16.4. The SMILES string of the molecule is CC(O)(CN(Cc1ccccc1)Cc1ccccc1)C(=O)O. The summed E-state index contributed by atoms with van der Waals surface area (Å²) in [6.45, 7) is 2.56. The summed E-state index contributed by atoms with van der Waals surface area (Å²) in [6.07, 6.45) is 0. The van der Waals surface area contributed by atoms with Crippen LogP contribution < -0.4 is 0 Å². The summed E-state index contributed by atoms with van der Waals surface area (Å²) in [7, 11) is 0. The molecule has 0 saturated carbocycles. The number of aliphatic carboxylic acids is 1. The molecule has 4 nitrogen and oxygen atoms in total. The van der Waals surface area contributed by atoms with Crippen LogP contribution in [0.4, 0.5) is 0 Å². The average Bonchev–Trinajstić information content (AvgIpc) is 2.48. The summed E-state index contributed by atoms with van der Waals surface area (Å²) in [6, 6.07) is 19.7. The van der Waals surface area contributed by atoms with Gasteiger partial charge < -0.3 is 10.2 Å². The van der Waals surface area contributed by atoms with E-state index in [-0.39, 0.29) is 6.54 Å². The largest absolute Gasteiger partial charge is 0.479 e. The lowest BCUT2D eigenvalue weighted by Gasteiger charge is -2.29. The molecule has 0 aliphatic carbocycles. The van der Waals surface area contributed by atoms with Crippen molar-refractivity contribution in [2.75, 3.05) is 6.54 Å². The van der Waals surface area contributed by atoms with E-state index in [0.29, 0.717) is 13.1 Å². The van der Waals surface area contributed by atoms with Crippen LogP contribution in [0.5, 0.6) is 0 Å². The maximum Gasteiger partial charge on any atom is 0.336 e. The van der Waals surface area contributed by atoms with Crippen LogP contribution in [0, 0.1) is 0 Å². The van der Waals surface area contributed by atoms with Crippen LogP contribution in [0.2, 0.25) is 0 Å². The van der Waals surface area contributed by atoms with Gasteiger partial charge in [-0.2, -0.15) is 0 Å². The van der Waals surface area contributed by atoms with Gasteiger partial charge in [-0.3, -0.25) is 4.90 Å². The summed E-state index contributed by atoms with van der Waals surface area (Å²) in [4.78, 5) is 13.1. The number of nitrogens with zero attached hydrogens (tertiary/aromatic N) is 1. The van der Waals surface area contributed by atoms with E-state index in [4.69, 9.17) is 5.11 Å². The van der Waals surface area contributed by atoms with Crippen molar-refractivity contribution < 1.29 is 15.0 Å². The minimum atomic E-state index is -1.77. The minimum absolute atomic E-state index is 0.0616. The fourth-order valence-corrected chi connectivity index (χ4v) is 2.35. The predicted octanol–water partition coefficient (Wildman–Crippen LogP) is 2.52. The Bertz CT molecular complexity index is 555. The first-order chi connectivity index (χ1) is 10.5. The third kappa shape index (κ3) is 4.69. The van der Waals surface area contributed by atoms with Crippen LogP contribution in [0.25, 0.3) is 0 Å². The van der Waals surface area contributed by atoms with E-state index in [2.05, 4.69) is 0 Å². The number of carboxylic acids is 1. The fraction of sp³-hybridized carbons (Fsp3) is 0.278. The molecule has 0 fully saturated rings. The van der Waals surface area contributed by atoms with Crippen LogP contribution >= 0.6 is 0 Å². The van der Waals surface area contributed by atoms with Crippen molar-refractivity contribution in [1.29, 1.82) is 0 Å². The third-order valence-electron chi connectivity index (χ3n) is 3.49. The molecule has 0 bridgehead atoms. The first-order valence-corrected chi connectivity index (χ1v) is 7.23. The highest BCUT2D eigenvalue weighted by Crippen LogP contribution is 2.14. The standard InChI is InChI=1S/C18H21NO3/c1-18(22,17(20)21)14-19(12-15-8-4-2-5-9-15)13-16-10-6-3-7-11-16/h2-11,22H,12-14H2,1H3,(H,20,21). The maximum absolute atomic E-state index is 11.2. The molecule has 2 aromatic rings. The zero-order valence-corrected chi connectivity index (χ0v) is 12.6. The van der Waals surface area contributed by atoms with E-state index >= 15 is 0 Å². The number of hydrogen-bond donors (Lipinski definition) is 2. The highest BCUT2D eigenvalue weighted by molar-refractivity contribution is 5.76. The van der Waals surface area contributed by atoms with Gasteiger partial charge in [0.2, 0.25) is 0 Å². The van der Waals surface area contributed by atoms with Crippen LogP contribution in [0.1, 0.15) is 18.1 Å². The van der Waals surface area contributed by atoms with Gasteiger partial charge >= 0.3 is 5.97 Å². The van der Waals surface area contributed by atoms with Crippen LogP contribution in [0.3, 0.4) is 0 Å². The summed E-state index contributed by atoms with van der Waals surface area (Å²) >= 11 is 0.